The molecule has 1 heterocycles. The van der Waals surface area contributed by atoms with Crippen LogP contribution in [-0.2, 0) is 4.79 Å². The van der Waals surface area contributed by atoms with Gasteiger partial charge in [-0.15, -0.1) is 0 Å². The van der Waals surface area contributed by atoms with E-state index in [1.165, 1.54) is 0 Å². The molecule has 0 aromatic rings. The molecule has 13 heavy (non-hydrogen) atoms. The van der Waals surface area contributed by atoms with Gasteiger partial charge in [0, 0.05) is 17.5 Å². The van der Waals surface area contributed by atoms with Crippen LogP contribution in [0.15, 0.2) is 35.5 Å². The maximum Gasteiger partial charge on any atom is 0.251 e. The zero-order valence-corrected chi connectivity index (χ0v) is 7.92. The number of hydrogen-bond acceptors (Lipinski definition) is 1. The van der Waals surface area contributed by atoms with Crippen molar-refractivity contribution in [3.8, 4) is 0 Å². The Kier molecular flexibility index (Phi) is 1.65. The molecule has 2 nitrogen and oxygen atoms in total. The van der Waals surface area contributed by atoms with Crippen LogP contribution >= 0.6 is 0 Å². The predicted molar refractivity (Wildman–Crippen MR) is 52.1 cm³/mol. The number of carbonyl (C=O) groups excluding carboxylic acids is 1. The Morgan fingerprint density at radius 2 is 2.00 bits per heavy atom. The van der Waals surface area contributed by atoms with Crippen LogP contribution < -0.4 is 5.32 Å². The summed E-state index contributed by atoms with van der Waals surface area (Å²) in [5.74, 6) is 0.0496. The van der Waals surface area contributed by atoms with Crippen molar-refractivity contribution in [1.82, 2.24) is 5.32 Å². The van der Waals surface area contributed by atoms with E-state index in [0.717, 1.165) is 11.1 Å². The summed E-state index contributed by atoms with van der Waals surface area (Å²) < 4.78 is 0. The SMILES string of the molecule is CC1(C)C=CC2=C(C=C1)C(=O)NC2. The zero-order valence-electron chi connectivity index (χ0n) is 7.92. The van der Waals surface area contributed by atoms with Crippen molar-refractivity contribution in [3.05, 3.63) is 35.5 Å². The van der Waals surface area contributed by atoms with Crippen LogP contribution in [0.2, 0.25) is 0 Å². The molecule has 0 saturated heterocycles. The van der Waals surface area contributed by atoms with E-state index in [1.54, 1.807) is 0 Å². The summed E-state index contributed by atoms with van der Waals surface area (Å²) in [7, 11) is 0. The lowest BCUT2D eigenvalue weighted by molar-refractivity contribution is -0.116. The molecule has 0 aromatic heterocycles. The molecule has 0 saturated carbocycles. The van der Waals surface area contributed by atoms with E-state index in [4.69, 9.17) is 0 Å². The molecule has 0 unspecified atom stereocenters. The molecule has 1 aliphatic heterocycles. The van der Waals surface area contributed by atoms with Gasteiger partial charge in [-0.25, -0.2) is 0 Å². The van der Waals surface area contributed by atoms with Crippen LogP contribution in [0.25, 0.3) is 0 Å². The van der Waals surface area contributed by atoms with Crippen molar-refractivity contribution in [2.75, 3.05) is 6.54 Å². The number of nitrogens with one attached hydrogen (secondary N) is 1. The minimum atomic E-state index is 0.0496. The fourth-order valence-corrected chi connectivity index (χ4v) is 1.51. The van der Waals surface area contributed by atoms with E-state index in [-0.39, 0.29) is 11.3 Å². The van der Waals surface area contributed by atoms with Crippen molar-refractivity contribution in [3.63, 3.8) is 0 Å². The fourth-order valence-electron chi connectivity index (χ4n) is 1.51. The number of carbonyl (C=O) groups is 1. The summed E-state index contributed by atoms with van der Waals surface area (Å²) in [5.41, 5.74) is 1.98. The first-order valence-corrected chi connectivity index (χ1v) is 4.48. The van der Waals surface area contributed by atoms with Gasteiger partial charge in [-0.1, -0.05) is 38.2 Å². The van der Waals surface area contributed by atoms with Crippen molar-refractivity contribution in [2.24, 2.45) is 5.41 Å². The first-order valence-electron chi connectivity index (χ1n) is 4.48. The highest BCUT2D eigenvalue weighted by molar-refractivity contribution is 6.00. The van der Waals surface area contributed by atoms with E-state index in [1.807, 2.05) is 12.2 Å². The van der Waals surface area contributed by atoms with E-state index in [9.17, 15) is 4.79 Å². The molecule has 2 aliphatic rings. The number of rotatable bonds is 0. The molecule has 1 N–H and O–H groups in total. The lowest BCUT2D eigenvalue weighted by Crippen LogP contribution is -2.17. The Morgan fingerprint density at radius 1 is 1.31 bits per heavy atom. The van der Waals surface area contributed by atoms with Crippen LogP contribution in [0.1, 0.15) is 13.8 Å². The van der Waals surface area contributed by atoms with Gasteiger partial charge in [-0.3, -0.25) is 4.79 Å². The average molecular weight is 175 g/mol. The maximum absolute atomic E-state index is 11.3. The lowest BCUT2D eigenvalue weighted by Gasteiger charge is -2.12. The maximum atomic E-state index is 11.3. The first kappa shape index (κ1) is 8.30. The van der Waals surface area contributed by atoms with Gasteiger partial charge in [0.15, 0.2) is 0 Å². The van der Waals surface area contributed by atoms with Crippen LogP contribution in [0.5, 0.6) is 0 Å². The quantitative estimate of drug-likeness (QED) is 0.595. The van der Waals surface area contributed by atoms with Crippen molar-refractivity contribution in [1.29, 1.82) is 0 Å². The van der Waals surface area contributed by atoms with E-state index >= 15 is 0 Å². The van der Waals surface area contributed by atoms with Crippen LogP contribution in [0.3, 0.4) is 0 Å². The monoisotopic (exact) mass is 175 g/mol. The van der Waals surface area contributed by atoms with Gasteiger partial charge in [-0.05, 0) is 5.57 Å². The summed E-state index contributed by atoms with van der Waals surface area (Å²) in [4.78, 5) is 11.3. The third kappa shape index (κ3) is 1.44. The van der Waals surface area contributed by atoms with Gasteiger partial charge in [-0.2, -0.15) is 0 Å². The molecular weight excluding hydrogens is 162 g/mol. The molecule has 0 aromatic carbocycles. The Bertz CT molecular complexity index is 345. The molecule has 0 atom stereocenters. The normalized spacial score (nSPS) is 24.3. The second kappa shape index (κ2) is 2.59. The van der Waals surface area contributed by atoms with Crippen LogP contribution in [0.4, 0.5) is 0 Å². The topological polar surface area (TPSA) is 29.1 Å². The molecule has 1 aliphatic carbocycles. The smallest absolute Gasteiger partial charge is 0.251 e. The largest absolute Gasteiger partial charge is 0.348 e. The fraction of sp³-hybridized carbons (Fsp3) is 0.364. The molecule has 1 amide bonds. The van der Waals surface area contributed by atoms with Gasteiger partial charge in [0.05, 0.1) is 0 Å². The molecule has 0 bridgehead atoms. The summed E-state index contributed by atoms with van der Waals surface area (Å²) in [6.07, 6.45) is 8.17. The summed E-state index contributed by atoms with van der Waals surface area (Å²) in [6.45, 7) is 4.92. The molecule has 0 radical (unpaired) electrons. The van der Waals surface area contributed by atoms with Crippen molar-refractivity contribution < 1.29 is 4.79 Å². The van der Waals surface area contributed by atoms with Crippen LogP contribution in [0, 0.1) is 5.41 Å². The predicted octanol–water partition coefficient (Wildman–Crippen LogP) is 1.56. The van der Waals surface area contributed by atoms with Gasteiger partial charge in [0.1, 0.15) is 0 Å². The second-order valence-corrected chi connectivity index (χ2v) is 4.11. The highest BCUT2D eigenvalue weighted by Gasteiger charge is 2.22. The Labute approximate surface area is 78.0 Å². The second-order valence-electron chi connectivity index (χ2n) is 4.11. The van der Waals surface area contributed by atoms with Crippen LogP contribution in [-0.4, -0.2) is 12.5 Å². The lowest BCUT2D eigenvalue weighted by atomic mass is 9.93. The van der Waals surface area contributed by atoms with E-state index in [2.05, 4.69) is 31.3 Å². The molecule has 2 heteroatoms. The molecule has 0 fully saturated rings. The van der Waals surface area contributed by atoms with E-state index in [0.29, 0.717) is 6.54 Å². The Morgan fingerprint density at radius 3 is 2.77 bits per heavy atom. The molecular formula is C11H13NO. The molecule has 2 rings (SSSR count). The van der Waals surface area contributed by atoms with E-state index < -0.39 is 0 Å². The minimum absolute atomic E-state index is 0.0496. The Hall–Kier alpha value is -1.31. The van der Waals surface area contributed by atoms with Gasteiger partial charge in [0.25, 0.3) is 5.91 Å². The first-order chi connectivity index (χ1) is 6.08. The average Bonchev–Trinajstić information content (AvgIpc) is 2.32. The van der Waals surface area contributed by atoms with Gasteiger partial charge < -0.3 is 5.32 Å². The molecule has 0 spiro atoms. The highest BCUT2D eigenvalue weighted by Crippen LogP contribution is 2.26. The highest BCUT2D eigenvalue weighted by atomic mass is 16.1. The number of hydrogen-bond donors (Lipinski definition) is 1. The summed E-state index contributed by atoms with van der Waals surface area (Å²) in [5, 5.41) is 2.80. The summed E-state index contributed by atoms with van der Waals surface area (Å²) in [6, 6.07) is 0. The number of amides is 1. The molecule has 68 valence electrons. The Balaban J connectivity index is 2.42. The minimum Gasteiger partial charge on any atom is -0.348 e. The van der Waals surface area contributed by atoms with Gasteiger partial charge in [0.2, 0.25) is 0 Å². The summed E-state index contributed by atoms with van der Waals surface area (Å²) >= 11 is 0. The third-order valence-corrected chi connectivity index (χ3v) is 2.42. The van der Waals surface area contributed by atoms with Gasteiger partial charge >= 0.3 is 0 Å². The van der Waals surface area contributed by atoms with Crippen molar-refractivity contribution >= 4 is 5.91 Å². The number of allylic oxidation sites excluding steroid dienone is 2. The third-order valence-electron chi connectivity index (χ3n) is 2.42. The van der Waals surface area contributed by atoms with Crippen molar-refractivity contribution in [2.45, 2.75) is 13.8 Å². The zero-order chi connectivity index (χ0) is 9.47. The standard InChI is InChI=1S/C11H13NO/c1-11(2)5-3-8-7-12-10(13)9(8)4-6-11/h3-6H,7H2,1-2H3,(H,12,13).